The van der Waals surface area contributed by atoms with E-state index < -0.39 is 11.9 Å². The van der Waals surface area contributed by atoms with Crippen molar-refractivity contribution in [2.24, 2.45) is 0 Å². The van der Waals surface area contributed by atoms with Crippen molar-refractivity contribution in [1.29, 1.82) is 0 Å². The Kier molecular flexibility index (Phi) is 14.6. The molecule has 0 aromatic heterocycles. The Bertz CT molecular complexity index is 458. The molecule has 0 saturated heterocycles. The van der Waals surface area contributed by atoms with Crippen LogP contribution in [0.15, 0.2) is 60.7 Å². The van der Waals surface area contributed by atoms with Crippen LogP contribution >= 0.6 is 0 Å². The SMILES string of the molecule is CC.CC.O=C(O)c1ccccc1.O=C(O)c1ccccc1. The molecule has 0 unspecified atom stereocenters. The molecule has 22 heavy (non-hydrogen) atoms. The van der Waals surface area contributed by atoms with Gasteiger partial charge in [-0.05, 0) is 24.3 Å². The summed E-state index contributed by atoms with van der Waals surface area (Å²) in [5, 5.41) is 16.8. The summed E-state index contributed by atoms with van der Waals surface area (Å²) in [4.78, 5) is 20.4. The Morgan fingerprint density at radius 3 is 0.955 bits per heavy atom. The minimum Gasteiger partial charge on any atom is -0.478 e. The lowest BCUT2D eigenvalue weighted by atomic mass is 10.2. The van der Waals surface area contributed by atoms with Crippen LogP contribution < -0.4 is 0 Å². The highest BCUT2D eigenvalue weighted by Crippen LogP contribution is 1.96. The molecule has 2 N–H and O–H groups in total. The highest BCUT2D eigenvalue weighted by atomic mass is 16.4. The van der Waals surface area contributed by atoms with E-state index in [0.717, 1.165) is 0 Å². The van der Waals surface area contributed by atoms with Gasteiger partial charge in [-0.25, -0.2) is 9.59 Å². The molecule has 0 spiro atoms. The van der Waals surface area contributed by atoms with Crippen LogP contribution in [0.25, 0.3) is 0 Å². The number of benzene rings is 2. The topological polar surface area (TPSA) is 74.6 Å². The summed E-state index contributed by atoms with van der Waals surface area (Å²) in [5.74, 6) is -1.76. The Balaban J connectivity index is 0. The van der Waals surface area contributed by atoms with Gasteiger partial charge in [0.05, 0.1) is 11.1 Å². The van der Waals surface area contributed by atoms with Crippen molar-refractivity contribution in [1.82, 2.24) is 0 Å². The number of carboxylic acids is 2. The Morgan fingerprint density at radius 1 is 0.591 bits per heavy atom. The molecule has 2 aromatic carbocycles. The van der Waals surface area contributed by atoms with E-state index in [4.69, 9.17) is 10.2 Å². The van der Waals surface area contributed by atoms with Crippen molar-refractivity contribution in [3.05, 3.63) is 71.8 Å². The molecular formula is C18H24O4. The van der Waals surface area contributed by atoms with Gasteiger partial charge in [-0.15, -0.1) is 0 Å². The van der Waals surface area contributed by atoms with Crippen LogP contribution in [0.3, 0.4) is 0 Å². The number of carboxylic acid groups (broad SMARTS) is 2. The first-order chi connectivity index (χ1) is 10.6. The van der Waals surface area contributed by atoms with Crippen LogP contribution in [-0.2, 0) is 0 Å². The van der Waals surface area contributed by atoms with Crippen molar-refractivity contribution in [3.63, 3.8) is 0 Å². The zero-order valence-corrected chi connectivity index (χ0v) is 13.5. The molecule has 0 bridgehead atoms. The van der Waals surface area contributed by atoms with Crippen molar-refractivity contribution >= 4 is 11.9 Å². The molecule has 0 radical (unpaired) electrons. The van der Waals surface area contributed by atoms with Gasteiger partial charge in [0.1, 0.15) is 0 Å². The Labute approximate surface area is 132 Å². The van der Waals surface area contributed by atoms with Crippen LogP contribution in [0.5, 0.6) is 0 Å². The van der Waals surface area contributed by atoms with Gasteiger partial charge in [0, 0.05) is 0 Å². The van der Waals surface area contributed by atoms with Gasteiger partial charge in [-0.3, -0.25) is 0 Å². The molecule has 0 aliphatic carbocycles. The second kappa shape index (κ2) is 14.8. The lowest BCUT2D eigenvalue weighted by Crippen LogP contribution is -1.93. The predicted molar refractivity (Wildman–Crippen MR) is 89.5 cm³/mol. The highest BCUT2D eigenvalue weighted by Gasteiger charge is 1.97. The van der Waals surface area contributed by atoms with E-state index in [0.29, 0.717) is 11.1 Å². The van der Waals surface area contributed by atoms with E-state index in [1.165, 1.54) is 0 Å². The normalized spacial score (nSPS) is 7.82. The number of aromatic carboxylic acids is 2. The smallest absolute Gasteiger partial charge is 0.335 e. The van der Waals surface area contributed by atoms with Crippen LogP contribution in [0.1, 0.15) is 48.4 Å². The molecule has 4 nitrogen and oxygen atoms in total. The van der Waals surface area contributed by atoms with Crippen molar-refractivity contribution in [3.8, 4) is 0 Å². The minimum atomic E-state index is -0.879. The summed E-state index contributed by atoms with van der Waals surface area (Å²) in [6, 6.07) is 16.6. The van der Waals surface area contributed by atoms with Gasteiger partial charge >= 0.3 is 11.9 Å². The molecule has 0 amide bonds. The van der Waals surface area contributed by atoms with E-state index >= 15 is 0 Å². The van der Waals surface area contributed by atoms with Gasteiger partial charge in [0.15, 0.2) is 0 Å². The van der Waals surface area contributed by atoms with Gasteiger partial charge in [0.25, 0.3) is 0 Å². The maximum absolute atomic E-state index is 10.2. The van der Waals surface area contributed by atoms with Crippen molar-refractivity contribution < 1.29 is 19.8 Å². The van der Waals surface area contributed by atoms with Gasteiger partial charge < -0.3 is 10.2 Å². The summed E-state index contributed by atoms with van der Waals surface area (Å²) in [6.07, 6.45) is 0. The van der Waals surface area contributed by atoms with E-state index in [1.54, 1.807) is 60.7 Å². The van der Waals surface area contributed by atoms with E-state index in [-0.39, 0.29) is 0 Å². The molecule has 0 heterocycles. The van der Waals surface area contributed by atoms with Crippen LogP contribution in [0, 0.1) is 0 Å². The Morgan fingerprint density at radius 2 is 0.818 bits per heavy atom. The zero-order chi connectivity index (χ0) is 17.4. The number of carbonyl (C=O) groups is 2. The lowest BCUT2D eigenvalue weighted by Gasteiger charge is -1.88. The number of hydrogen-bond donors (Lipinski definition) is 2. The summed E-state index contributed by atoms with van der Waals surface area (Å²) in [7, 11) is 0. The Hall–Kier alpha value is -2.62. The van der Waals surface area contributed by atoms with E-state index in [2.05, 4.69) is 0 Å². The molecular weight excluding hydrogens is 280 g/mol. The van der Waals surface area contributed by atoms with Crippen LogP contribution in [-0.4, -0.2) is 22.2 Å². The highest BCUT2D eigenvalue weighted by molar-refractivity contribution is 5.87. The lowest BCUT2D eigenvalue weighted by molar-refractivity contribution is 0.0686. The van der Waals surface area contributed by atoms with Gasteiger partial charge in [0.2, 0.25) is 0 Å². The first kappa shape index (κ1) is 21.7. The second-order valence-corrected chi connectivity index (χ2v) is 3.34. The number of rotatable bonds is 2. The molecule has 0 fully saturated rings. The fourth-order valence-corrected chi connectivity index (χ4v) is 1.16. The molecule has 120 valence electrons. The molecule has 0 aliphatic rings. The van der Waals surface area contributed by atoms with Crippen LogP contribution in [0.4, 0.5) is 0 Å². The molecule has 0 atom stereocenters. The van der Waals surface area contributed by atoms with Gasteiger partial charge in [-0.1, -0.05) is 64.1 Å². The molecule has 0 aliphatic heterocycles. The molecule has 2 aromatic rings. The van der Waals surface area contributed by atoms with Crippen LogP contribution in [0.2, 0.25) is 0 Å². The van der Waals surface area contributed by atoms with E-state index in [9.17, 15) is 9.59 Å². The maximum atomic E-state index is 10.2. The predicted octanol–water partition coefficient (Wildman–Crippen LogP) is 4.82. The summed E-state index contributed by atoms with van der Waals surface area (Å²) in [5.41, 5.74) is 0.662. The number of hydrogen-bond acceptors (Lipinski definition) is 2. The maximum Gasteiger partial charge on any atom is 0.335 e. The fraction of sp³-hybridized carbons (Fsp3) is 0.222. The molecule has 2 rings (SSSR count). The molecule has 4 heteroatoms. The fourth-order valence-electron chi connectivity index (χ4n) is 1.16. The third kappa shape index (κ3) is 10.2. The second-order valence-electron chi connectivity index (χ2n) is 3.34. The first-order valence-electron chi connectivity index (χ1n) is 7.18. The third-order valence-corrected chi connectivity index (χ3v) is 2.04. The standard InChI is InChI=1S/2C7H6O2.2C2H6/c2*8-7(9)6-4-2-1-3-5-6;2*1-2/h2*1-5H,(H,8,9);2*1-2H3. The monoisotopic (exact) mass is 304 g/mol. The summed E-state index contributed by atoms with van der Waals surface area (Å²) in [6.45, 7) is 8.00. The summed E-state index contributed by atoms with van der Waals surface area (Å²) >= 11 is 0. The zero-order valence-electron chi connectivity index (χ0n) is 13.5. The van der Waals surface area contributed by atoms with Crippen molar-refractivity contribution in [2.45, 2.75) is 27.7 Å². The third-order valence-electron chi connectivity index (χ3n) is 2.04. The average Bonchev–Trinajstić information content (AvgIpc) is 2.60. The van der Waals surface area contributed by atoms with Gasteiger partial charge in [-0.2, -0.15) is 0 Å². The average molecular weight is 304 g/mol. The largest absolute Gasteiger partial charge is 0.478 e. The first-order valence-corrected chi connectivity index (χ1v) is 7.18. The molecule has 0 saturated carbocycles. The quantitative estimate of drug-likeness (QED) is 0.834. The van der Waals surface area contributed by atoms with E-state index in [1.807, 2.05) is 27.7 Å². The minimum absolute atomic E-state index is 0.331. The summed E-state index contributed by atoms with van der Waals surface area (Å²) < 4.78 is 0. The van der Waals surface area contributed by atoms with Crippen molar-refractivity contribution in [2.75, 3.05) is 0 Å².